The van der Waals surface area contributed by atoms with Gasteiger partial charge in [0.15, 0.2) is 5.49 Å². The van der Waals surface area contributed by atoms with Crippen molar-refractivity contribution in [2.45, 2.75) is 38.9 Å². The lowest BCUT2D eigenvalue weighted by molar-refractivity contribution is 0.0636. The van der Waals surface area contributed by atoms with Crippen LogP contribution in [0.4, 0.5) is 14.9 Å². The number of hydrogen-bond acceptors (Lipinski definition) is 6. The van der Waals surface area contributed by atoms with E-state index in [9.17, 15) is 19.5 Å². The van der Waals surface area contributed by atoms with Crippen LogP contribution in [-0.2, 0) is 4.74 Å². The van der Waals surface area contributed by atoms with Gasteiger partial charge in [0.2, 0.25) is 0 Å². The lowest BCUT2D eigenvalue weighted by Crippen LogP contribution is -2.27. The maximum Gasteiger partial charge on any atom is 0.412 e. The molecule has 9 heteroatoms. The number of rotatable bonds is 7. The molecule has 1 aromatic carbocycles. The molecular weight excluding hydrogens is 403 g/mol. The summed E-state index contributed by atoms with van der Waals surface area (Å²) < 4.78 is 20.6. The SMILES string of the molecule is CN(C)CCCN=c1cc(C(O)c2ccc(NC(=O)OC(C)(C)C)cc2F)ccn1O. The van der Waals surface area contributed by atoms with E-state index in [2.05, 4.69) is 10.3 Å². The Morgan fingerprint density at radius 2 is 2.00 bits per heavy atom. The van der Waals surface area contributed by atoms with Crippen molar-refractivity contribution >= 4 is 11.8 Å². The lowest BCUT2D eigenvalue weighted by atomic mass is 10.0. The molecule has 2 aromatic rings. The summed E-state index contributed by atoms with van der Waals surface area (Å²) in [6.45, 7) is 6.53. The summed E-state index contributed by atoms with van der Waals surface area (Å²) in [5.41, 5.74) is 0.206. The number of benzene rings is 1. The first-order valence-corrected chi connectivity index (χ1v) is 10.0. The van der Waals surface area contributed by atoms with Gasteiger partial charge < -0.3 is 20.0 Å². The molecular formula is C22H31FN4O4. The molecule has 31 heavy (non-hydrogen) atoms. The highest BCUT2D eigenvalue weighted by Crippen LogP contribution is 2.26. The summed E-state index contributed by atoms with van der Waals surface area (Å²) in [6.07, 6.45) is 0.184. The van der Waals surface area contributed by atoms with E-state index in [0.29, 0.717) is 12.1 Å². The van der Waals surface area contributed by atoms with E-state index in [1.807, 2.05) is 19.0 Å². The smallest absolute Gasteiger partial charge is 0.412 e. The fraction of sp³-hybridized carbons (Fsp3) is 0.455. The van der Waals surface area contributed by atoms with Crippen molar-refractivity contribution in [2.24, 2.45) is 4.99 Å². The number of nitrogens with zero attached hydrogens (tertiary/aromatic N) is 3. The van der Waals surface area contributed by atoms with Crippen molar-refractivity contribution in [3.8, 4) is 0 Å². The van der Waals surface area contributed by atoms with E-state index < -0.39 is 23.6 Å². The van der Waals surface area contributed by atoms with Gasteiger partial charge in [-0.1, -0.05) is 6.07 Å². The number of aromatic nitrogens is 1. The van der Waals surface area contributed by atoms with Gasteiger partial charge in [0.1, 0.15) is 17.5 Å². The molecule has 1 amide bonds. The Morgan fingerprint density at radius 3 is 2.61 bits per heavy atom. The van der Waals surface area contributed by atoms with E-state index in [1.54, 1.807) is 20.8 Å². The monoisotopic (exact) mass is 434 g/mol. The van der Waals surface area contributed by atoms with Gasteiger partial charge in [0.25, 0.3) is 0 Å². The zero-order chi connectivity index (χ0) is 23.2. The third kappa shape index (κ3) is 7.69. The molecule has 0 bridgehead atoms. The molecule has 1 heterocycles. The number of pyridine rings is 1. The Morgan fingerprint density at radius 1 is 1.29 bits per heavy atom. The number of hydrogen-bond donors (Lipinski definition) is 3. The Kier molecular flexibility index (Phi) is 8.18. The zero-order valence-electron chi connectivity index (χ0n) is 18.6. The minimum atomic E-state index is -1.27. The minimum absolute atomic E-state index is 0.0315. The van der Waals surface area contributed by atoms with Crippen molar-refractivity contribution in [2.75, 3.05) is 32.5 Å². The highest BCUT2D eigenvalue weighted by atomic mass is 19.1. The number of carbonyl (C=O) groups is 1. The summed E-state index contributed by atoms with van der Waals surface area (Å²) in [6, 6.07) is 6.97. The van der Waals surface area contributed by atoms with E-state index in [4.69, 9.17) is 4.74 Å². The first-order chi connectivity index (χ1) is 14.5. The first-order valence-electron chi connectivity index (χ1n) is 10.0. The second kappa shape index (κ2) is 10.4. The zero-order valence-corrected chi connectivity index (χ0v) is 18.6. The van der Waals surface area contributed by atoms with Gasteiger partial charge in [-0.2, -0.15) is 4.73 Å². The highest BCUT2D eigenvalue weighted by molar-refractivity contribution is 5.84. The number of aliphatic hydroxyl groups is 1. The summed E-state index contributed by atoms with van der Waals surface area (Å²) in [7, 11) is 3.93. The molecule has 0 aliphatic rings. The first kappa shape index (κ1) is 24.4. The number of nitrogens with one attached hydrogen (secondary N) is 1. The van der Waals surface area contributed by atoms with Crippen LogP contribution in [0.2, 0.25) is 0 Å². The van der Waals surface area contributed by atoms with Crippen LogP contribution in [0, 0.1) is 5.82 Å². The van der Waals surface area contributed by atoms with Gasteiger partial charge >= 0.3 is 6.09 Å². The van der Waals surface area contributed by atoms with Crippen molar-refractivity contribution in [3.05, 3.63) is 59.0 Å². The molecule has 0 spiro atoms. The van der Waals surface area contributed by atoms with Gasteiger partial charge in [0.05, 0.1) is 0 Å². The Hall–Kier alpha value is -2.91. The third-order valence-corrected chi connectivity index (χ3v) is 4.23. The van der Waals surface area contributed by atoms with Crippen LogP contribution in [0.25, 0.3) is 0 Å². The molecule has 1 aromatic heterocycles. The molecule has 0 saturated heterocycles. The number of ether oxygens (including phenoxy) is 1. The maximum absolute atomic E-state index is 14.6. The van der Waals surface area contributed by atoms with Crippen molar-refractivity contribution < 1.29 is 24.2 Å². The fourth-order valence-corrected chi connectivity index (χ4v) is 2.79. The number of anilines is 1. The number of carbonyl (C=O) groups excluding carboxylic acids is 1. The minimum Gasteiger partial charge on any atom is -0.444 e. The van der Waals surface area contributed by atoms with Crippen LogP contribution in [0.5, 0.6) is 0 Å². The molecule has 0 aliphatic heterocycles. The van der Waals surface area contributed by atoms with Crippen LogP contribution >= 0.6 is 0 Å². The van der Waals surface area contributed by atoms with E-state index >= 15 is 0 Å². The maximum atomic E-state index is 14.6. The number of amides is 1. The van der Waals surface area contributed by atoms with Crippen LogP contribution in [0.3, 0.4) is 0 Å². The quantitative estimate of drug-likeness (QED) is 0.459. The molecule has 2 rings (SSSR count). The third-order valence-electron chi connectivity index (χ3n) is 4.23. The normalized spacial score (nSPS) is 13.4. The predicted octanol–water partition coefficient (Wildman–Crippen LogP) is 3.15. The molecule has 0 saturated carbocycles. The van der Waals surface area contributed by atoms with Crippen LogP contribution in [0.1, 0.15) is 44.4 Å². The average Bonchev–Trinajstić information content (AvgIpc) is 2.64. The summed E-state index contributed by atoms with van der Waals surface area (Å²) in [5, 5.41) is 23.1. The van der Waals surface area contributed by atoms with Crippen molar-refractivity contribution in [1.82, 2.24) is 9.63 Å². The van der Waals surface area contributed by atoms with Crippen LogP contribution < -0.4 is 10.8 Å². The van der Waals surface area contributed by atoms with Crippen molar-refractivity contribution in [3.63, 3.8) is 0 Å². The molecule has 0 aliphatic carbocycles. The average molecular weight is 435 g/mol. The van der Waals surface area contributed by atoms with Gasteiger partial charge in [-0.05, 0) is 77.7 Å². The molecule has 3 N–H and O–H groups in total. The van der Waals surface area contributed by atoms with Gasteiger partial charge in [-0.25, -0.2) is 9.18 Å². The standard InChI is InChI=1S/C22H31FN4O4/c1-22(2,3)31-21(29)25-16-7-8-17(18(23)14-16)20(28)15-9-12-27(30)19(13-15)24-10-6-11-26(4)5/h7-9,12-14,20,28,30H,6,10-11H2,1-5H3,(H,25,29). The topological polar surface area (TPSA) is 99.3 Å². The molecule has 8 nitrogen and oxygen atoms in total. The number of halogens is 1. The summed E-state index contributed by atoms with van der Waals surface area (Å²) in [4.78, 5) is 18.2. The lowest BCUT2D eigenvalue weighted by Gasteiger charge is -2.20. The summed E-state index contributed by atoms with van der Waals surface area (Å²) >= 11 is 0. The van der Waals surface area contributed by atoms with E-state index in [0.717, 1.165) is 23.8 Å². The van der Waals surface area contributed by atoms with Gasteiger partial charge in [0, 0.05) is 24.0 Å². The van der Waals surface area contributed by atoms with Gasteiger partial charge in [-0.15, -0.1) is 0 Å². The molecule has 1 unspecified atom stereocenters. The van der Waals surface area contributed by atoms with Crippen LogP contribution in [0.15, 0.2) is 41.5 Å². The second-order valence-electron chi connectivity index (χ2n) is 8.47. The Bertz CT molecular complexity index is 967. The highest BCUT2D eigenvalue weighted by Gasteiger charge is 2.19. The Balaban J connectivity index is 2.17. The van der Waals surface area contributed by atoms with Crippen LogP contribution in [-0.4, -0.2) is 58.8 Å². The molecule has 0 radical (unpaired) electrons. The molecule has 1 atom stereocenters. The van der Waals surface area contributed by atoms with E-state index in [1.165, 1.54) is 30.5 Å². The van der Waals surface area contributed by atoms with Gasteiger partial charge in [-0.3, -0.25) is 10.3 Å². The molecule has 170 valence electrons. The summed E-state index contributed by atoms with van der Waals surface area (Å²) in [5.74, 6) is -0.689. The molecule has 0 fully saturated rings. The predicted molar refractivity (Wildman–Crippen MR) is 116 cm³/mol. The second-order valence-corrected chi connectivity index (χ2v) is 8.47. The Labute approximate surface area is 181 Å². The van der Waals surface area contributed by atoms with E-state index in [-0.39, 0.29) is 16.7 Å². The number of aliphatic hydroxyl groups excluding tert-OH is 1. The largest absolute Gasteiger partial charge is 0.444 e. The fourth-order valence-electron chi connectivity index (χ4n) is 2.79. The van der Waals surface area contributed by atoms with Crippen molar-refractivity contribution in [1.29, 1.82) is 0 Å².